The van der Waals surface area contributed by atoms with E-state index in [1.54, 1.807) is 11.6 Å². The number of benzene rings is 1. The second-order valence-corrected chi connectivity index (χ2v) is 6.87. The average molecular weight is 312 g/mol. The molecular weight excluding hydrogens is 292 g/mol. The Kier molecular flexibility index (Phi) is 3.28. The fraction of sp³-hybridized carbons (Fsp3) is 0.353. The van der Waals surface area contributed by atoms with Crippen molar-refractivity contribution in [1.82, 2.24) is 19.3 Å². The lowest BCUT2D eigenvalue weighted by molar-refractivity contribution is 0.590. The van der Waals surface area contributed by atoms with Crippen molar-refractivity contribution in [2.45, 2.75) is 33.1 Å². The van der Waals surface area contributed by atoms with E-state index in [-0.39, 0.29) is 11.0 Å². The summed E-state index contributed by atoms with van der Waals surface area (Å²) in [7, 11) is 1.85. The first-order valence-electron chi connectivity index (χ1n) is 7.48. The van der Waals surface area contributed by atoms with Gasteiger partial charge in [-0.2, -0.15) is 5.10 Å². The number of nitrogens with zero attached hydrogens (tertiary/aromatic N) is 3. The van der Waals surface area contributed by atoms with Crippen molar-refractivity contribution in [3.8, 4) is 5.82 Å². The summed E-state index contributed by atoms with van der Waals surface area (Å²) in [5.74, 6) is 0.521. The molecule has 23 heavy (non-hydrogen) atoms. The summed E-state index contributed by atoms with van der Waals surface area (Å²) in [4.78, 5) is 26.0. The van der Waals surface area contributed by atoms with Crippen LogP contribution in [0.15, 0.2) is 34.0 Å². The molecule has 1 aromatic carbocycles. The number of rotatable bonds is 1. The Labute approximate surface area is 133 Å². The molecule has 0 aliphatic rings. The van der Waals surface area contributed by atoms with Crippen LogP contribution in [0.2, 0.25) is 0 Å². The summed E-state index contributed by atoms with van der Waals surface area (Å²) < 4.78 is 3.14. The second kappa shape index (κ2) is 4.94. The first-order valence-corrected chi connectivity index (χ1v) is 7.48. The van der Waals surface area contributed by atoms with Crippen LogP contribution >= 0.6 is 0 Å². The van der Waals surface area contributed by atoms with E-state index in [2.05, 4.69) is 43.0 Å². The summed E-state index contributed by atoms with van der Waals surface area (Å²) in [6.45, 7) is 8.13. The molecule has 3 rings (SSSR count). The van der Waals surface area contributed by atoms with Gasteiger partial charge in [0.15, 0.2) is 5.82 Å². The van der Waals surface area contributed by atoms with E-state index in [1.807, 2.05) is 13.1 Å². The zero-order valence-corrected chi connectivity index (χ0v) is 14.0. The van der Waals surface area contributed by atoms with Gasteiger partial charge in [0.1, 0.15) is 0 Å². The molecule has 120 valence electrons. The second-order valence-electron chi connectivity index (χ2n) is 6.87. The largest absolute Gasteiger partial charge is 0.334 e. The third-order valence-corrected chi connectivity index (χ3v) is 4.05. The highest BCUT2D eigenvalue weighted by Gasteiger charge is 2.18. The van der Waals surface area contributed by atoms with Crippen LogP contribution in [-0.2, 0) is 12.5 Å². The molecule has 0 spiro atoms. The van der Waals surface area contributed by atoms with Gasteiger partial charge >= 0.3 is 5.69 Å². The van der Waals surface area contributed by atoms with Crippen LogP contribution < -0.4 is 11.2 Å². The third-order valence-electron chi connectivity index (χ3n) is 4.05. The lowest BCUT2D eigenvalue weighted by atomic mass is 9.86. The molecule has 0 atom stereocenters. The third kappa shape index (κ3) is 2.50. The van der Waals surface area contributed by atoms with E-state index in [0.29, 0.717) is 11.4 Å². The number of nitrogens with one attached hydrogen (secondary N) is 1. The highest BCUT2D eigenvalue weighted by Crippen LogP contribution is 2.28. The van der Waals surface area contributed by atoms with E-state index >= 15 is 0 Å². The first kappa shape index (κ1) is 15.3. The van der Waals surface area contributed by atoms with Crippen molar-refractivity contribution in [3.63, 3.8) is 0 Å². The lowest BCUT2D eigenvalue weighted by Gasteiger charge is -2.19. The molecule has 0 amide bonds. The predicted octanol–water partition coefficient (Wildman–Crippen LogP) is 2.02. The summed E-state index contributed by atoms with van der Waals surface area (Å²) in [5, 5.41) is 5.34. The van der Waals surface area contributed by atoms with Gasteiger partial charge in [-0.3, -0.25) is 19.0 Å². The number of fused-ring (bicyclic) bond motifs is 1. The normalized spacial score (nSPS) is 12.0. The van der Waals surface area contributed by atoms with Crippen molar-refractivity contribution in [2.24, 2.45) is 7.05 Å². The van der Waals surface area contributed by atoms with Crippen molar-refractivity contribution >= 4 is 10.9 Å². The zero-order chi connectivity index (χ0) is 16.9. The Morgan fingerprint density at radius 2 is 1.87 bits per heavy atom. The molecular formula is C17H20N4O2. The highest BCUT2D eigenvalue weighted by molar-refractivity contribution is 5.87. The predicted molar refractivity (Wildman–Crippen MR) is 90.4 cm³/mol. The van der Waals surface area contributed by atoms with Crippen LogP contribution in [0.3, 0.4) is 0 Å². The van der Waals surface area contributed by atoms with E-state index in [1.165, 1.54) is 16.3 Å². The van der Waals surface area contributed by atoms with E-state index in [0.717, 1.165) is 10.9 Å². The molecule has 0 aliphatic carbocycles. The van der Waals surface area contributed by atoms with Crippen molar-refractivity contribution in [3.05, 3.63) is 56.4 Å². The van der Waals surface area contributed by atoms with Crippen LogP contribution in [-0.4, -0.2) is 19.3 Å². The maximum Gasteiger partial charge on any atom is 0.334 e. The van der Waals surface area contributed by atoms with Crippen LogP contribution in [0.25, 0.3) is 16.7 Å². The minimum absolute atomic E-state index is 0.0318. The Hall–Kier alpha value is -2.63. The molecule has 0 saturated carbocycles. The van der Waals surface area contributed by atoms with Gasteiger partial charge in [0.05, 0.1) is 5.52 Å². The van der Waals surface area contributed by atoms with E-state index in [4.69, 9.17) is 0 Å². The number of H-pyrrole nitrogens is 1. The van der Waals surface area contributed by atoms with Gasteiger partial charge in [0.25, 0.3) is 5.56 Å². The number of aromatic amines is 1. The van der Waals surface area contributed by atoms with E-state index in [9.17, 15) is 9.59 Å². The maximum atomic E-state index is 12.1. The monoisotopic (exact) mass is 312 g/mol. The average Bonchev–Trinajstić information content (AvgIpc) is 2.79. The summed E-state index contributed by atoms with van der Waals surface area (Å²) in [6.07, 6.45) is 1.53. The van der Waals surface area contributed by atoms with Gasteiger partial charge in [-0.1, -0.05) is 26.8 Å². The lowest BCUT2D eigenvalue weighted by Crippen LogP contribution is -2.30. The quantitative estimate of drug-likeness (QED) is 0.747. The molecule has 0 fully saturated rings. The van der Waals surface area contributed by atoms with Crippen LogP contribution in [0, 0.1) is 6.92 Å². The molecule has 0 saturated heterocycles. The molecule has 1 N–H and O–H groups in total. The molecule has 2 heterocycles. The highest BCUT2D eigenvalue weighted by atomic mass is 16.2. The molecule has 0 bridgehead atoms. The topological polar surface area (TPSA) is 72.7 Å². The fourth-order valence-electron chi connectivity index (χ4n) is 2.61. The van der Waals surface area contributed by atoms with Crippen molar-refractivity contribution < 1.29 is 0 Å². The summed E-state index contributed by atoms with van der Waals surface area (Å²) in [5.41, 5.74) is 1.79. The van der Waals surface area contributed by atoms with Gasteiger partial charge in [-0.05, 0) is 30.0 Å². The Morgan fingerprint density at radius 3 is 2.52 bits per heavy atom. The maximum absolute atomic E-state index is 12.1. The smallest absolute Gasteiger partial charge is 0.273 e. The minimum Gasteiger partial charge on any atom is -0.273 e. The SMILES string of the molecule is Cc1cn(-c2nn(C)c3cc(C(C)(C)C)ccc23)c(=O)[nH]c1=O. The molecule has 0 radical (unpaired) electrons. The standard InChI is InChI=1S/C17H20N4O2/c1-10-9-21(16(23)18-15(10)22)14-12-7-6-11(17(2,3)4)8-13(12)20(5)19-14/h6-9H,1-5H3,(H,18,22,23). The summed E-state index contributed by atoms with van der Waals surface area (Å²) >= 11 is 0. The Morgan fingerprint density at radius 1 is 1.17 bits per heavy atom. The molecule has 6 heteroatoms. The number of hydrogen-bond donors (Lipinski definition) is 1. The van der Waals surface area contributed by atoms with Gasteiger partial charge in [-0.15, -0.1) is 0 Å². The van der Waals surface area contributed by atoms with E-state index < -0.39 is 5.69 Å². The molecule has 6 nitrogen and oxygen atoms in total. The molecule has 2 aromatic heterocycles. The Bertz CT molecular complexity index is 1020. The first-order chi connectivity index (χ1) is 10.7. The number of hydrogen-bond acceptors (Lipinski definition) is 3. The zero-order valence-electron chi connectivity index (χ0n) is 14.0. The minimum atomic E-state index is -0.486. The van der Waals surface area contributed by atoms with Crippen LogP contribution in [0.4, 0.5) is 0 Å². The molecule has 0 unspecified atom stereocenters. The Balaban J connectivity index is 2.31. The number of aromatic nitrogens is 4. The molecule has 0 aliphatic heterocycles. The van der Waals surface area contributed by atoms with Crippen LogP contribution in [0.5, 0.6) is 0 Å². The van der Waals surface area contributed by atoms with Crippen molar-refractivity contribution in [1.29, 1.82) is 0 Å². The molecule has 3 aromatic rings. The van der Waals surface area contributed by atoms with Gasteiger partial charge in [-0.25, -0.2) is 4.79 Å². The fourth-order valence-corrected chi connectivity index (χ4v) is 2.61. The van der Waals surface area contributed by atoms with Crippen LogP contribution in [0.1, 0.15) is 31.9 Å². The summed E-state index contributed by atoms with van der Waals surface area (Å²) in [6, 6.07) is 6.12. The van der Waals surface area contributed by atoms with Gasteiger partial charge in [0.2, 0.25) is 0 Å². The number of aryl methyl sites for hydroxylation is 2. The van der Waals surface area contributed by atoms with Gasteiger partial charge in [0, 0.05) is 24.2 Å². The van der Waals surface area contributed by atoms with Crippen molar-refractivity contribution in [2.75, 3.05) is 0 Å². The van der Waals surface area contributed by atoms with Gasteiger partial charge < -0.3 is 0 Å².